The van der Waals surface area contributed by atoms with Gasteiger partial charge >= 0.3 is 5.97 Å². The van der Waals surface area contributed by atoms with Crippen LogP contribution in [0.25, 0.3) is 0 Å². The van der Waals surface area contributed by atoms with E-state index in [-0.39, 0.29) is 12.2 Å². The van der Waals surface area contributed by atoms with Crippen LogP contribution in [0.15, 0.2) is 24.4 Å². The third kappa shape index (κ3) is 4.69. The molecule has 0 saturated carbocycles. The molecule has 116 valence electrons. The van der Waals surface area contributed by atoms with E-state index in [4.69, 9.17) is 5.11 Å². The number of aromatic nitrogens is 1. The highest BCUT2D eigenvalue weighted by Gasteiger charge is 2.33. The number of hydrogen-bond donors (Lipinski definition) is 1. The van der Waals surface area contributed by atoms with Crippen LogP contribution in [0, 0.1) is 0 Å². The Labute approximate surface area is 128 Å². The van der Waals surface area contributed by atoms with Crippen LogP contribution in [0.3, 0.4) is 0 Å². The molecule has 0 bridgehead atoms. The minimum atomic E-state index is -3.46. The molecular weight excluding hydrogens is 312 g/mol. The third-order valence-corrected chi connectivity index (χ3v) is 6.29. The van der Waals surface area contributed by atoms with Crippen molar-refractivity contribution in [3.63, 3.8) is 0 Å². The van der Waals surface area contributed by atoms with Gasteiger partial charge in [-0.25, -0.2) is 8.42 Å². The second-order valence-electron chi connectivity index (χ2n) is 4.82. The highest BCUT2D eigenvalue weighted by atomic mass is 32.2. The van der Waals surface area contributed by atoms with E-state index in [1.807, 2.05) is 6.07 Å². The Hall–Kier alpha value is -1.12. The maximum atomic E-state index is 12.4. The monoisotopic (exact) mass is 330 g/mol. The quantitative estimate of drug-likeness (QED) is 0.832. The molecule has 8 heteroatoms. The van der Waals surface area contributed by atoms with Gasteiger partial charge in [0, 0.05) is 42.4 Å². The molecule has 0 spiro atoms. The molecule has 2 rings (SSSR count). The van der Waals surface area contributed by atoms with Crippen LogP contribution < -0.4 is 0 Å². The van der Waals surface area contributed by atoms with Crippen LogP contribution >= 0.6 is 11.8 Å². The molecule has 1 aliphatic heterocycles. The number of sulfonamides is 1. The molecule has 1 atom stereocenters. The Balaban J connectivity index is 2.04. The Bertz CT molecular complexity index is 577. The number of nitrogens with zero attached hydrogens (tertiary/aromatic N) is 2. The molecule has 1 saturated heterocycles. The van der Waals surface area contributed by atoms with Crippen LogP contribution in [0.1, 0.15) is 12.1 Å². The average Bonchev–Trinajstić information content (AvgIpc) is 2.46. The van der Waals surface area contributed by atoms with E-state index in [2.05, 4.69) is 4.98 Å². The lowest BCUT2D eigenvalue weighted by Gasteiger charge is -2.33. The molecule has 0 aliphatic carbocycles. The normalized spacial score (nSPS) is 20.3. The molecule has 1 fully saturated rings. The fraction of sp³-hybridized carbons (Fsp3) is 0.538. The van der Waals surface area contributed by atoms with Gasteiger partial charge in [0.1, 0.15) is 0 Å². The minimum Gasteiger partial charge on any atom is -0.481 e. The second kappa shape index (κ2) is 7.24. The number of thioether (sulfide) groups is 1. The topological polar surface area (TPSA) is 87.6 Å². The number of hydrogen-bond acceptors (Lipinski definition) is 5. The minimum absolute atomic E-state index is 0.0369. The van der Waals surface area contributed by atoms with Crippen LogP contribution in [0.5, 0.6) is 0 Å². The maximum absolute atomic E-state index is 12.4. The predicted molar refractivity (Wildman–Crippen MR) is 81.8 cm³/mol. The molecule has 1 N–H and O–H groups in total. The molecule has 1 aromatic rings. The number of pyridine rings is 1. The fourth-order valence-electron chi connectivity index (χ4n) is 2.26. The molecule has 1 aromatic heterocycles. The number of aryl methyl sites for hydroxylation is 1. The molecule has 0 amide bonds. The van der Waals surface area contributed by atoms with Crippen molar-refractivity contribution in [3.05, 3.63) is 30.1 Å². The standard InChI is InChI=1S/C13H18N2O4S2/c16-13(17)9-12-10-20-7-6-15(12)21(18,19)8-4-11-3-1-2-5-14-11/h1-3,5,12H,4,6-10H2,(H,16,17). The van der Waals surface area contributed by atoms with Gasteiger partial charge in [0.15, 0.2) is 0 Å². The lowest BCUT2D eigenvalue weighted by Crippen LogP contribution is -2.48. The molecule has 21 heavy (non-hydrogen) atoms. The first kappa shape index (κ1) is 16.3. The zero-order chi connectivity index (χ0) is 15.3. The third-order valence-electron chi connectivity index (χ3n) is 3.28. The number of carbonyl (C=O) groups is 1. The Morgan fingerprint density at radius 3 is 2.95 bits per heavy atom. The van der Waals surface area contributed by atoms with Crippen molar-refractivity contribution < 1.29 is 18.3 Å². The van der Waals surface area contributed by atoms with Gasteiger partial charge in [-0.1, -0.05) is 6.07 Å². The van der Waals surface area contributed by atoms with E-state index in [1.54, 1.807) is 30.1 Å². The molecule has 1 unspecified atom stereocenters. The van der Waals surface area contributed by atoms with Crippen LogP contribution in [-0.4, -0.2) is 58.6 Å². The van der Waals surface area contributed by atoms with E-state index >= 15 is 0 Å². The summed E-state index contributed by atoms with van der Waals surface area (Å²) in [6, 6.07) is 4.94. The Morgan fingerprint density at radius 1 is 1.48 bits per heavy atom. The van der Waals surface area contributed by atoms with Gasteiger partial charge in [-0.2, -0.15) is 16.1 Å². The molecule has 2 heterocycles. The van der Waals surface area contributed by atoms with Gasteiger partial charge in [-0.05, 0) is 12.1 Å². The summed E-state index contributed by atoms with van der Waals surface area (Å²) in [5.74, 6) is 0.242. The summed E-state index contributed by atoms with van der Waals surface area (Å²) >= 11 is 1.60. The van der Waals surface area contributed by atoms with Gasteiger partial charge in [0.2, 0.25) is 10.0 Å². The number of rotatable bonds is 6. The van der Waals surface area contributed by atoms with Crippen molar-refractivity contribution in [2.45, 2.75) is 18.9 Å². The highest BCUT2D eigenvalue weighted by molar-refractivity contribution is 7.99. The lowest BCUT2D eigenvalue weighted by molar-refractivity contribution is -0.137. The summed E-state index contributed by atoms with van der Waals surface area (Å²) in [5, 5.41) is 8.92. The summed E-state index contributed by atoms with van der Waals surface area (Å²) in [6.45, 7) is 0.382. The van der Waals surface area contributed by atoms with Crippen LogP contribution in [0.2, 0.25) is 0 Å². The number of carboxylic acid groups (broad SMARTS) is 1. The average molecular weight is 330 g/mol. The van der Waals surface area contributed by atoms with Crippen LogP contribution in [0.4, 0.5) is 0 Å². The smallest absolute Gasteiger partial charge is 0.305 e. The van der Waals surface area contributed by atoms with Crippen molar-refractivity contribution in [1.82, 2.24) is 9.29 Å². The molecule has 0 radical (unpaired) electrons. The summed E-state index contributed by atoms with van der Waals surface area (Å²) in [7, 11) is -3.46. The molecule has 1 aliphatic rings. The van der Waals surface area contributed by atoms with Gasteiger partial charge in [-0.3, -0.25) is 9.78 Å². The van der Waals surface area contributed by atoms with Crippen molar-refractivity contribution in [1.29, 1.82) is 0 Å². The van der Waals surface area contributed by atoms with E-state index in [0.717, 1.165) is 5.69 Å². The fourth-order valence-corrected chi connectivity index (χ4v) is 5.21. The van der Waals surface area contributed by atoms with Crippen molar-refractivity contribution in [2.75, 3.05) is 23.8 Å². The first-order valence-corrected chi connectivity index (χ1v) is 9.44. The van der Waals surface area contributed by atoms with Gasteiger partial charge in [0.25, 0.3) is 0 Å². The lowest BCUT2D eigenvalue weighted by atomic mass is 10.2. The second-order valence-corrected chi connectivity index (χ2v) is 8.02. The van der Waals surface area contributed by atoms with Gasteiger partial charge in [0.05, 0.1) is 12.2 Å². The zero-order valence-corrected chi connectivity index (χ0v) is 13.1. The van der Waals surface area contributed by atoms with Crippen molar-refractivity contribution in [3.8, 4) is 0 Å². The number of carboxylic acids is 1. The van der Waals surface area contributed by atoms with E-state index < -0.39 is 22.0 Å². The van der Waals surface area contributed by atoms with Crippen LogP contribution in [-0.2, 0) is 21.2 Å². The Morgan fingerprint density at radius 2 is 2.29 bits per heavy atom. The van der Waals surface area contributed by atoms with E-state index in [9.17, 15) is 13.2 Å². The molecular formula is C13H18N2O4S2. The molecule has 0 aromatic carbocycles. The maximum Gasteiger partial charge on any atom is 0.305 e. The SMILES string of the molecule is O=C(O)CC1CSCCN1S(=O)(=O)CCc1ccccn1. The highest BCUT2D eigenvalue weighted by Crippen LogP contribution is 2.22. The predicted octanol–water partition coefficient (Wildman–Crippen LogP) is 0.846. The summed E-state index contributed by atoms with van der Waals surface area (Å²) in [6.07, 6.45) is 1.83. The zero-order valence-electron chi connectivity index (χ0n) is 11.5. The molecule has 6 nitrogen and oxygen atoms in total. The first-order valence-electron chi connectivity index (χ1n) is 6.68. The van der Waals surface area contributed by atoms with E-state index in [1.165, 1.54) is 4.31 Å². The number of aliphatic carboxylic acids is 1. The van der Waals surface area contributed by atoms with Crippen molar-refractivity contribution in [2.24, 2.45) is 0 Å². The van der Waals surface area contributed by atoms with Crippen molar-refractivity contribution >= 4 is 27.8 Å². The van der Waals surface area contributed by atoms with Gasteiger partial charge < -0.3 is 5.11 Å². The summed E-state index contributed by atoms with van der Waals surface area (Å²) in [5.41, 5.74) is 0.724. The summed E-state index contributed by atoms with van der Waals surface area (Å²) < 4.78 is 26.3. The largest absolute Gasteiger partial charge is 0.481 e. The van der Waals surface area contributed by atoms with Gasteiger partial charge in [-0.15, -0.1) is 0 Å². The Kier molecular flexibility index (Phi) is 5.60. The first-order chi connectivity index (χ1) is 9.99. The van der Waals surface area contributed by atoms with E-state index in [0.29, 0.717) is 24.5 Å². The summed E-state index contributed by atoms with van der Waals surface area (Å²) in [4.78, 5) is 15.0.